The van der Waals surface area contributed by atoms with Gasteiger partial charge in [0.25, 0.3) is 0 Å². The summed E-state index contributed by atoms with van der Waals surface area (Å²) < 4.78 is 0. The lowest BCUT2D eigenvalue weighted by atomic mass is 10.1. The lowest BCUT2D eigenvalue weighted by Crippen LogP contribution is -2.26. The number of nitrogens with zero attached hydrogens (tertiary/aromatic N) is 1. The molecule has 0 spiro atoms. The summed E-state index contributed by atoms with van der Waals surface area (Å²) in [5, 5.41) is 7.98. The van der Waals surface area contributed by atoms with Crippen LogP contribution in [0.3, 0.4) is 0 Å². The van der Waals surface area contributed by atoms with Crippen molar-refractivity contribution in [1.82, 2.24) is 0 Å². The van der Waals surface area contributed by atoms with Gasteiger partial charge in [-0.25, -0.2) is 0 Å². The summed E-state index contributed by atoms with van der Waals surface area (Å²) in [6, 6.07) is 6.45. The maximum Gasteiger partial charge on any atom is 0.124 e. The molecule has 17 heavy (non-hydrogen) atoms. The third-order valence-electron chi connectivity index (χ3n) is 3.03. The molecular weight excluding hydrogens is 234 g/mol. The highest BCUT2D eigenvalue weighted by atomic mass is 35.5. The van der Waals surface area contributed by atoms with E-state index in [4.69, 9.17) is 22.7 Å². The van der Waals surface area contributed by atoms with Crippen molar-refractivity contribution in [2.24, 2.45) is 5.73 Å². The van der Waals surface area contributed by atoms with Gasteiger partial charge in [-0.1, -0.05) is 18.5 Å². The Morgan fingerprint density at radius 2 is 2.24 bits per heavy atom. The van der Waals surface area contributed by atoms with E-state index in [1.807, 2.05) is 18.2 Å². The van der Waals surface area contributed by atoms with E-state index in [1.165, 1.54) is 12.8 Å². The summed E-state index contributed by atoms with van der Waals surface area (Å²) in [6.45, 7) is 3.24. The molecule has 0 unspecified atom stereocenters. The van der Waals surface area contributed by atoms with Crippen molar-refractivity contribution < 1.29 is 0 Å². The third-order valence-corrected chi connectivity index (χ3v) is 3.34. The van der Waals surface area contributed by atoms with Gasteiger partial charge in [0.05, 0.1) is 5.02 Å². The molecular formula is C13H18ClN3. The van der Waals surface area contributed by atoms with E-state index in [-0.39, 0.29) is 5.84 Å². The average Bonchev–Trinajstić information content (AvgIpc) is 3.09. The second kappa shape index (κ2) is 4.96. The maximum absolute atomic E-state index is 7.41. The molecule has 1 fully saturated rings. The predicted molar refractivity (Wildman–Crippen MR) is 73.1 cm³/mol. The van der Waals surface area contributed by atoms with Gasteiger partial charge in [-0.05, 0) is 37.5 Å². The van der Waals surface area contributed by atoms with Crippen LogP contribution in [0.1, 0.15) is 31.7 Å². The number of hydrogen-bond acceptors (Lipinski definition) is 2. The van der Waals surface area contributed by atoms with E-state index < -0.39 is 0 Å². The standard InChI is InChI=1S/C13H18ClN3/c1-2-7-17(9-3-4-9)10-5-6-11(13(15)16)12(14)8-10/h5-6,8-9H,2-4,7H2,1H3,(H3,15,16). The molecule has 1 aromatic carbocycles. The number of nitrogen functional groups attached to an aromatic ring is 1. The Bertz CT molecular complexity index is 427. The molecule has 0 bridgehead atoms. The van der Waals surface area contributed by atoms with Crippen molar-refractivity contribution in [2.45, 2.75) is 32.2 Å². The van der Waals surface area contributed by atoms with Gasteiger partial charge in [0.15, 0.2) is 0 Å². The first-order valence-electron chi connectivity index (χ1n) is 6.04. The molecule has 1 saturated carbocycles. The molecule has 0 aromatic heterocycles. The van der Waals surface area contributed by atoms with Crippen LogP contribution in [0, 0.1) is 5.41 Å². The molecule has 92 valence electrons. The van der Waals surface area contributed by atoms with Crippen molar-refractivity contribution in [3.63, 3.8) is 0 Å². The van der Waals surface area contributed by atoms with Crippen LogP contribution in [0.5, 0.6) is 0 Å². The molecule has 1 aromatic rings. The minimum absolute atomic E-state index is 0.0232. The zero-order valence-electron chi connectivity index (χ0n) is 10.0. The Labute approximate surface area is 107 Å². The molecule has 1 aliphatic rings. The molecule has 1 aliphatic carbocycles. The molecule has 2 rings (SSSR count). The van der Waals surface area contributed by atoms with Gasteiger partial charge in [-0.15, -0.1) is 0 Å². The van der Waals surface area contributed by atoms with Crippen molar-refractivity contribution >= 4 is 23.1 Å². The van der Waals surface area contributed by atoms with Gasteiger partial charge >= 0.3 is 0 Å². The number of nitrogens with two attached hydrogens (primary N) is 1. The minimum atomic E-state index is 0.0232. The predicted octanol–water partition coefficient (Wildman–Crippen LogP) is 3.00. The van der Waals surface area contributed by atoms with E-state index >= 15 is 0 Å². The molecule has 0 aliphatic heterocycles. The summed E-state index contributed by atoms with van der Waals surface area (Å²) in [5.74, 6) is 0.0232. The zero-order chi connectivity index (χ0) is 12.4. The highest BCUT2D eigenvalue weighted by Gasteiger charge is 2.28. The summed E-state index contributed by atoms with van der Waals surface area (Å²) in [5.41, 5.74) is 7.21. The molecule has 0 heterocycles. The number of hydrogen-bond donors (Lipinski definition) is 2. The first-order valence-corrected chi connectivity index (χ1v) is 6.42. The van der Waals surface area contributed by atoms with Crippen LogP contribution < -0.4 is 10.6 Å². The average molecular weight is 252 g/mol. The quantitative estimate of drug-likeness (QED) is 0.624. The van der Waals surface area contributed by atoms with Gasteiger partial charge in [0.1, 0.15) is 5.84 Å². The Kier molecular flexibility index (Phi) is 3.57. The number of benzene rings is 1. The second-order valence-corrected chi connectivity index (χ2v) is 4.91. The van der Waals surface area contributed by atoms with E-state index in [0.29, 0.717) is 16.6 Å². The van der Waals surface area contributed by atoms with Gasteiger partial charge in [0, 0.05) is 23.8 Å². The van der Waals surface area contributed by atoms with Crippen molar-refractivity contribution in [2.75, 3.05) is 11.4 Å². The fourth-order valence-corrected chi connectivity index (χ4v) is 2.33. The summed E-state index contributed by atoms with van der Waals surface area (Å²) in [4.78, 5) is 2.40. The number of nitrogens with one attached hydrogen (secondary N) is 1. The third kappa shape index (κ3) is 2.72. The lowest BCUT2D eigenvalue weighted by Gasteiger charge is -2.24. The van der Waals surface area contributed by atoms with Crippen molar-refractivity contribution in [3.05, 3.63) is 28.8 Å². The highest BCUT2D eigenvalue weighted by Crippen LogP contribution is 2.33. The second-order valence-electron chi connectivity index (χ2n) is 4.50. The normalized spacial score (nSPS) is 14.7. The molecule has 4 heteroatoms. The number of rotatable bonds is 5. The SMILES string of the molecule is CCCN(c1ccc(C(=N)N)c(Cl)c1)C1CC1. The summed E-state index contributed by atoms with van der Waals surface area (Å²) in [6.07, 6.45) is 3.67. The van der Waals surface area contributed by atoms with Crippen LogP contribution in [0.4, 0.5) is 5.69 Å². The van der Waals surface area contributed by atoms with Gasteiger partial charge < -0.3 is 10.6 Å². The van der Waals surface area contributed by atoms with E-state index in [2.05, 4.69) is 11.8 Å². The Balaban J connectivity index is 2.25. The maximum atomic E-state index is 7.41. The molecule has 0 atom stereocenters. The fraction of sp³-hybridized carbons (Fsp3) is 0.462. The lowest BCUT2D eigenvalue weighted by molar-refractivity contribution is 0.763. The Hall–Kier alpha value is -1.22. The molecule has 3 N–H and O–H groups in total. The minimum Gasteiger partial charge on any atom is -0.384 e. The van der Waals surface area contributed by atoms with E-state index in [1.54, 1.807) is 0 Å². The zero-order valence-corrected chi connectivity index (χ0v) is 10.8. The monoisotopic (exact) mass is 251 g/mol. The van der Waals surface area contributed by atoms with Crippen LogP contribution in [-0.2, 0) is 0 Å². The number of anilines is 1. The topological polar surface area (TPSA) is 53.1 Å². The van der Waals surface area contributed by atoms with E-state index in [9.17, 15) is 0 Å². The van der Waals surface area contributed by atoms with Gasteiger partial charge in [-0.3, -0.25) is 5.41 Å². The van der Waals surface area contributed by atoms with E-state index in [0.717, 1.165) is 18.7 Å². The Morgan fingerprint density at radius 3 is 2.71 bits per heavy atom. The van der Waals surface area contributed by atoms with Crippen LogP contribution in [-0.4, -0.2) is 18.4 Å². The molecule has 0 radical (unpaired) electrons. The first-order chi connectivity index (χ1) is 8.13. The van der Waals surface area contributed by atoms with Crippen LogP contribution >= 0.6 is 11.6 Å². The van der Waals surface area contributed by atoms with Crippen LogP contribution in [0.15, 0.2) is 18.2 Å². The molecule has 3 nitrogen and oxygen atoms in total. The van der Waals surface area contributed by atoms with Crippen LogP contribution in [0.25, 0.3) is 0 Å². The summed E-state index contributed by atoms with van der Waals surface area (Å²) >= 11 is 6.15. The molecule has 0 amide bonds. The summed E-state index contributed by atoms with van der Waals surface area (Å²) in [7, 11) is 0. The number of amidine groups is 1. The Morgan fingerprint density at radius 1 is 1.53 bits per heavy atom. The fourth-order valence-electron chi connectivity index (χ4n) is 2.05. The molecule has 0 saturated heterocycles. The van der Waals surface area contributed by atoms with Crippen molar-refractivity contribution in [3.8, 4) is 0 Å². The van der Waals surface area contributed by atoms with Crippen LogP contribution in [0.2, 0.25) is 5.02 Å². The largest absolute Gasteiger partial charge is 0.384 e. The van der Waals surface area contributed by atoms with Gasteiger partial charge in [-0.2, -0.15) is 0 Å². The smallest absolute Gasteiger partial charge is 0.124 e. The van der Waals surface area contributed by atoms with Crippen molar-refractivity contribution in [1.29, 1.82) is 5.41 Å². The first kappa shape index (κ1) is 12.2. The van der Waals surface area contributed by atoms with Gasteiger partial charge in [0.2, 0.25) is 0 Å². The number of halogens is 1. The highest BCUT2D eigenvalue weighted by molar-refractivity contribution is 6.34.